The fraction of sp³-hybridized carbons (Fsp3) is 0.867. The van der Waals surface area contributed by atoms with Crippen LogP contribution in [0.3, 0.4) is 0 Å². The number of carbonyl (C=O) groups excluding carboxylic acids is 1. The van der Waals surface area contributed by atoms with Gasteiger partial charge in [-0.3, -0.25) is 9.59 Å². The molecule has 1 aliphatic heterocycles. The monoisotopic (exact) mass is 265 g/mol. The van der Waals surface area contributed by atoms with Crippen molar-refractivity contribution in [1.82, 2.24) is 4.90 Å². The molecule has 4 nitrogen and oxygen atoms in total. The molecule has 2 aliphatic carbocycles. The maximum absolute atomic E-state index is 12.4. The van der Waals surface area contributed by atoms with Crippen LogP contribution in [0.1, 0.15) is 44.9 Å². The fourth-order valence-electron chi connectivity index (χ4n) is 4.17. The molecule has 3 rings (SSSR count). The maximum Gasteiger partial charge on any atom is 0.303 e. The van der Waals surface area contributed by atoms with Gasteiger partial charge in [-0.05, 0) is 49.9 Å². The van der Waals surface area contributed by atoms with E-state index < -0.39 is 5.97 Å². The molecule has 3 aliphatic rings. The number of fused-ring (bicyclic) bond motifs is 1. The summed E-state index contributed by atoms with van der Waals surface area (Å²) in [5, 5.41) is 8.69. The van der Waals surface area contributed by atoms with E-state index in [1.807, 2.05) is 4.90 Å². The lowest BCUT2D eigenvalue weighted by Crippen LogP contribution is -2.40. The molecule has 1 N–H and O–H groups in total. The van der Waals surface area contributed by atoms with E-state index in [4.69, 9.17) is 5.11 Å². The van der Waals surface area contributed by atoms with Gasteiger partial charge < -0.3 is 10.0 Å². The molecule has 19 heavy (non-hydrogen) atoms. The van der Waals surface area contributed by atoms with E-state index in [1.54, 1.807) is 0 Å². The Labute approximate surface area is 114 Å². The van der Waals surface area contributed by atoms with E-state index in [0.29, 0.717) is 29.6 Å². The highest BCUT2D eigenvalue weighted by Gasteiger charge is 2.57. The molecule has 0 spiro atoms. The molecule has 0 radical (unpaired) electrons. The van der Waals surface area contributed by atoms with Crippen molar-refractivity contribution in [2.75, 3.05) is 13.1 Å². The first-order valence-corrected chi connectivity index (χ1v) is 7.67. The second kappa shape index (κ2) is 5.14. The van der Waals surface area contributed by atoms with Crippen LogP contribution < -0.4 is 0 Å². The van der Waals surface area contributed by atoms with Gasteiger partial charge in [0.2, 0.25) is 5.91 Å². The Morgan fingerprint density at radius 3 is 2.26 bits per heavy atom. The molecule has 1 heterocycles. The molecule has 4 heteroatoms. The molecular formula is C15H23NO3. The summed E-state index contributed by atoms with van der Waals surface area (Å²) in [6.07, 6.45) is 6.85. The van der Waals surface area contributed by atoms with Crippen LogP contribution in [0, 0.1) is 23.7 Å². The number of carboxylic acid groups (broad SMARTS) is 1. The van der Waals surface area contributed by atoms with E-state index >= 15 is 0 Å². The van der Waals surface area contributed by atoms with Crippen LogP contribution in [0.2, 0.25) is 0 Å². The summed E-state index contributed by atoms with van der Waals surface area (Å²) in [5.41, 5.74) is 0. The lowest BCUT2D eigenvalue weighted by molar-refractivity contribution is -0.138. The summed E-state index contributed by atoms with van der Waals surface area (Å²) in [4.78, 5) is 25.0. The molecule has 1 amide bonds. The van der Waals surface area contributed by atoms with Gasteiger partial charge in [0.25, 0.3) is 0 Å². The number of hydrogen-bond donors (Lipinski definition) is 1. The lowest BCUT2D eigenvalue weighted by Gasteiger charge is -2.32. The summed E-state index contributed by atoms with van der Waals surface area (Å²) < 4.78 is 0. The number of carboxylic acids is 1. The van der Waals surface area contributed by atoms with Crippen LogP contribution in [0.5, 0.6) is 0 Å². The van der Waals surface area contributed by atoms with E-state index in [-0.39, 0.29) is 6.42 Å². The number of likely N-dealkylation sites (tertiary alicyclic amines) is 1. The molecular weight excluding hydrogens is 242 g/mol. The molecule has 3 fully saturated rings. The predicted molar refractivity (Wildman–Crippen MR) is 70.5 cm³/mol. The standard InChI is InChI=1S/C15H23NO3/c17-13(18)5-4-10-6-8-16(9-7-10)15(19)14-11-2-1-3-12(11)14/h10-12,14H,1-9H2,(H,17,18). The van der Waals surface area contributed by atoms with E-state index in [0.717, 1.165) is 32.4 Å². The summed E-state index contributed by atoms with van der Waals surface area (Å²) in [7, 11) is 0. The van der Waals surface area contributed by atoms with E-state index in [2.05, 4.69) is 0 Å². The van der Waals surface area contributed by atoms with Crippen LogP contribution in [-0.2, 0) is 9.59 Å². The first-order chi connectivity index (χ1) is 9.16. The van der Waals surface area contributed by atoms with Crippen molar-refractivity contribution in [3.8, 4) is 0 Å². The molecule has 0 aromatic rings. The summed E-state index contributed by atoms with van der Waals surface area (Å²) >= 11 is 0. The number of hydrogen-bond acceptors (Lipinski definition) is 2. The van der Waals surface area contributed by atoms with Crippen LogP contribution in [0.25, 0.3) is 0 Å². The van der Waals surface area contributed by atoms with Crippen molar-refractivity contribution < 1.29 is 14.7 Å². The quantitative estimate of drug-likeness (QED) is 0.847. The minimum Gasteiger partial charge on any atom is -0.481 e. The molecule has 0 bridgehead atoms. The van der Waals surface area contributed by atoms with Gasteiger partial charge in [-0.25, -0.2) is 0 Å². The third kappa shape index (κ3) is 2.63. The van der Waals surface area contributed by atoms with Crippen molar-refractivity contribution >= 4 is 11.9 Å². The molecule has 0 aromatic heterocycles. The number of rotatable bonds is 4. The predicted octanol–water partition coefficient (Wildman–Crippen LogP) is 2.14. The van der Waals surface area contributed by atoms with Crippen molar-refractivity contribution in [2.24, 2.45) is 23.7 Å². The summed E-state index contributed by atoms with van der Waals surface area (Å²) in [6.45, 7) is 1.69. The minimum absolute atomic E-state index is 0.269. The van der Waals surface area contributed by atoms with E-state index in [1.165, 1.54) is 19.3 Å². The third-order valence-corrected chi connectivity index (χ3v) is 5.38. The molecule has 2 unspecified atom stereocenters. The van der Waals surface area contributed by atoms with Crippen molar-refractivity contribution in [1.29, 1.82) is 0 Å². The van der Waals surface area contributed by atoms with Gasteiger partial charge >= 0.3 is 5.97 Å². The third-order valence-electron chi connectivity index (χ3n) is 5.38. The van der Waals surface area contributed by atoms with Crippen LogP contribution >= 0.6 is 0 Å². The first-order valence-electron chi connectivity index (χ1n) is 7.67. The summed E-state index contributed by atoms with van der Waals surface area (Å²) in [5.74, 6) is 1.95. The zero-order chi connectivity index (χ0) is 13.4. The van der Waals surface area contributed by atoms with Gasteiger partial charge in [-0.1, -0.05) is 6.42 Å². The molecule has 1 saturated heterocycles. The Morgan fingerprint density at radius 1 is 1.05 bits per heavy atom. The lowest BCUT2D eigenvalue weighted by atomic mass is 9.92. The normalized spacial score (nSPS) is 34.1. The van der Waals surface area contributed by atoms with Crippen molar-refractivity contribution in [3.05, 3.63) is 0 Å². The minimum atomic E-state index is -0.704. The van der Waals surface area contributed by atoms with Gasteiger partial charge in [-0.15, -0.1) is 0 Å². The Balaban J connectivity index is 1.43. The average Bonchev–Trinajstić information content (AvgIpc) is 2.88. The van der Waals surface area contributed by atoms with Gasteiger partial charge in [0.05, 0.1) is 0 Å². The Morgan fingerprint density at radius 2 is 1.68 bits per heavy atom. The zero-order valence-electron chi connectivity index (χ0n) is 11.4. The average molecular weight is 265 g/mol. The van der Waals surface area contributed by atoms with Crippen LogP contribution in [-0.4, -0.2) is 35.0 Å². The fourth-order valence-corrected chi connectivity index (χ4v) is 4.17. The second-order valence-corrected chi connectivity index (χ2v) is 6.49. The number of aliphatic carboxylic acids is 1. The smallest absolute Gasteiger partial charge is 0.303 e. The molecule has 106 valence electrons. The largest absolute Gasteiger partial charge is 0.481 e. The van der Waals surface area contributed by atoms with Gasteiger partial charge in [0.15, 0.2) is 0 Å². The summed E-state index contributed by atoms with van der Waals surface area (Å²) in [6, 6.07) is 0. The van der Waals surface area contributed by atoms with Crippen LogP contribution in [0.15, 0.2) is 0 Å². The van der Waals surface area contributed by atoms with Gasteiger partial charge in [0, 0.05) is 25.4 Å². The topological polar surface area (TPSA) is 57.6 Å². The number of amides is 1. The van der Waals surface area contributed by atoms with E-state index in [9.17, 15) is 9.59 Å². The molecule has 2 atom stereocenters. The van der Waals surface area contributed by atoms with Crippen molar-refractivity contribution in [2.45, 2.75) is 44.9 Å². The first kappa shape index (κ1) is 12.9. The van der Waals surface area contributed by atoms with Crippen LogP contribution in [0.4, 0.5) is 0 Å². The van der Waals surface area contributed by atoms with Crippen molar-refractivity contribution in [3.63, 3.8) is 0 Å². The zero-order valence-corrected chi connectivity index (χ0v) is 11.4. The Kier molecular flexibility index (Phi) is 3.50. The number of carbonyl (C=O) groups is 2. The second-order valence-electron chi connectivity index (χ2n) is 6.49. The van der Waals surface area contributed by atoms with Gasteiger partial charge in [-0.2, -0.15) is 0 Å². The Hall–Kier alpha value is -1.06. The SMILES string of the molecule is O=C(O)CCC1CCN(C(=O)C2C3CCCC32)CC1. The maximum atomic E-state index is 12.4. The highest BCUT2D eigenvalue weighted by molar-refractivity contribution is 5.82. The highest BCUT2D eigenvalue weighted by atomic mass is 16.4. The molecule has 0 aromatic carbocycles. The van der Waals surface area contributed by atoms with Gasteiger partial charge in [0.1, 0.15) is 0 Å². The highest BCUT2D eigenvalue weighted by Crippen LogP contribution is 2.58. The molecule has 2 saturated carbocycles. The number of piperidine rings is 1. The number of nitrogens with zero attached hydrogens (tertiary/aromatic N) is 1. The Bertz CT molecular complexity index is 364.